The van der Waals surface area contributed by atoms with Crippen molar-refractivity contribution in [3.8, 4) is 5.75 Å². The Morgan fingerprint density at radius 1 is 0.909 bits per heavy atom. The molecule has 0 spiro atoms. The van der Waals surface area contributed by atoms with Crippen LogP contribution < -0.4 is 15.0 Å². The molecule has 2 N–H and O–H groups in total. The number of rotatable bonds is 5. The van der Waals surface area contributed by atoms with Gasteiger partial charge in [-0.2, -0.15) is 0 Å². The molecule has 117 valence electrons. The van der Waals surface area contributed by atoms with Crippen molar-refractivity contribution >= 4 is 6.54 Å². The SMILES string of the molecule is COc1cccc[c]1[Zr]([NH2])[c]1ccc(C(C)C)cc1C(C)C. The van der Waals surface area contributed by atoms with Crippen LogP contribution >= 0.6 is 0 Å². The van der Waals surface area contributed by atoms with E-state index in [1.165, 1.54) is 17.7 Å². The first-order chi connectivity index (χ1) is 10.5. The minimum absolute atomic E-state index is 0.488. The Morgan fingerprint density at radius 2 is 1.59 bits per heavy atom. The van der Waals surface area contributed by atoms with Crippen molar-refractivity contribution in [1.82, 2.24) is 0 Å². The summed E-state index contributed by atoms with van der Waals surface area (Å²) in [5, 5.41) is 0. The van der Waals surface area contributed by atoms with Gasteiger partial charge in [0.25, 0.3) is 0 Å². The van der Waals surface area contributed by atoms with Gasteiger partial charge in [-0.1, -0.05) is 0 Å². The minimum atomic E-state index is -2.40. The van der Waals surface area contributed by atoms with E-state index in [9.17, 15) is 0 Å². The molecule has 0 amide bonds. The van der Waals surface area contributed by atoms with Crippen LogP contribution in [0.3, 0.4) is 0 Å². The fourth-order valence-electron chi connectivity index (χ4n) is 2.68. The van der Waals surface area contributed by atoms with Gasteiger partial charge in [0.05, 0.1) is 0 Å². The van der Waals surface area contributed by atoms with Crippen LogP contribution in [0.1, 0.15) is 50.7 Å². The molecule has 0 radical (unpaired) electrons. The Bertz CT molecular complexity index is 637. The molecule has 22 heavy (non-hydrogen) atoms. The summed E-state index contributed by atoms with van der Waals surface area (Å²) in [6.45, 7) is 8.98. The molecule has 0 aliphatic heterocycles. The van der Waals surface area contributed by atoms with E-state index < -0.39 is 22.0 Å². The molecule has 0 unspecified atom stereocenters. The molecule has 0 bridgehead atoms. The Hall–Kier alpha value is -0.917. The first kappa shape index (κ1) is 17.4. The van der Waals surface area contributed by atoms with Crippen LogP contribution in [-0.4, -0.2) is 7.11 Å². The number of hydrogen-bond donors (Lipinski definition) is 1. The molecule has 3 heteroatoms. The van der Waals surface area contributed by atoms with E-state index in [0.717, 1.165) is 5.75 Å². The van der Waals surface area contributed by atoms with Crippen molar-refractivity contribution in [3.05, 3.63) is 53.6 Å². The summed E-state index contributed by atoms with van der Waals surface area (Å²) in [6, 6.07) is 15.1. The second kappa shape index (κ2) is 7.57. The molecule has 2 aromatic carbocycles. The van der Waals surface area contributed by atoms with E-state index in [2.05, 4.69) is 58.0 Å². The van der Waals surface area contributed by atoms with Gasteiger partial charge in [-0.25, -0.2) is 0 Å². The van der Waals surface area contributed by atoms with Gasteiger partial charge in [0.2, 0.25) is 0 Å². The van der Waals surface area contributed by atoms with Crippen molar-refractivity contribution in [2.24, 2.45) is 3.68 Å². The average molecular weight is 376 g/mol. The number of nitrogens with two attached hydrogens (primary N) is 1. The zero-order valence-electron chi connectivity index (χ0n) is 14.2. The third-order valence-corrected chi connectivity index (χ3v) is 9.04. The average Bonchev–Trinajstić information content (AvgIpc) is 2.53. The number of para-hydroxylation sites is 1. The molecule has 0 saturated heterocycles. The maximum absolute atomic E-state index is 6.77. The Balaban J connectivity index is 2.51. The zero-order valence-corrected chi connectivity index (χ0v) is 16.6. The molecule has 2 aromatic rings. The standard InChI is InChI=1S/C12H17.C7H7O.H2N.Zr/c1-9(2)11-6-5-7-12(8-11)10(3)4;1-8-7-5-3-2-4-6-7;;/h5-6,8-10H,1-4H3;2-5H,1H3;1H2;/q;;-1;+1. The molecule has 0 aromatic heterocycles. The van der Waals surface area contributed by atoms with Gasteiger partial charge in [-0.05, 0) is 0 Å². The molecular weight excluding hydrogens is 349 g/mol. The summed E-state index contributed by atoms with van der Waals surface area (Å²) in [5.41, 5.74) is 2.80. The van der Waals surface area contributed by atoms with Crippen molar-refractivity contribution in [2.75, 3.05) is 7.11 Å². The van der Waals surface area contributed by atoms with E-state index >= 15 is 0 Å². The number of benzene rings is 2. The fraction of sp³-hybridized carbons (Fsp3) is 0.368. The van der Waals surface area contributed by atoms with Crippen molar-refractivity contribution in [2.45, 2.75) is 39.5 Å². The van der Waals surface area contributed by atoms with Crippen LogP contribution in [0.25, 0.3) is 0 Å². The topological polar surface area (TPSA) is 35.2 Å². The number of methoxy groups -OCH3 is 1. The van der Waals surface area contributed by atoms with Crippen LogP contribution in [0, 0.1) is 0 Å². The van der Waals surface area contributed by atoms with E-state index in [1.54, 1.807) is 7.11 Å². The fourth-order valence-corrected chi connectivity index (χ4v) is 7.47. The summed E-state index contributed by atoms with van der Waals surface area (Å²) in [6.07, 6.45) is 0. The summed E-state index contributed by atoms with van der Waals surface area (Å²) in [5.74, 6) is 1.97. The van der Waals surface area contributed by atoms with Gasteiger partial charge in [-0.15, -0.1) is 0 Å². The van der Waals surface area contributed by atoms with Gasteiger partial charge in [-0.3, -0.25) is 0 Å². The summed E-state index contributed by atoms with van der Waals surface area (Å²) in [4.78, 5) is 0. The molecule has 0 atom stereocenters. The van der Waals surface area contributed by atoms with Gasteiger partial charge in [0, 0.05) is 0 Å². The van der Waals surface area contributed by atoms with Crippen LogP contribution in [0.15, 0.2) is 42.5 Å². The van der Waals surface area contributed by atoms with E-state index in [-0.39, 0.29) is 0 Å². The van der Waals surface area contributed by atoms with Gasteiger partial charge >= 0.3 is 143 Å². The van der Waals surface area contributed by atoms with Crippen LogP contribution in [0.2, 0.25) is 0 Å². The Labute approximate surface area is 142 Å². The molecule has 2 rings (SSSR count). The van der Waals surface area contributed by atoms with Crippen LogP contribution in [0.4, 0.5) is 0 Å². The van der Waals surface area contributed by atoms with E-state index in [4.69, 9.17) is 8.41 Å². The molecule has 0 fully saturated rings. The second-order valence-electron chi connectivity index (χ2n) is 6.27. The van der Waals surface area contributed by atoms with Crippen LogP contribution in [0.5, 0.6) is 5.75 Å². The second-order valence-corrected chi connectivity index (χ2v) is 11.0. The van der Waals surface area contributed by atoms with Crippen molar-refractivity contribution in [1.29, 1.82) is 0 Å². The van der Waals surface area contributed by atoms with Crippen molar-refractivity contribution < 1.29 is 26.8 Å². The quantitative estimate of drug-likeness (QED) is 0.869. The molecule has 0 aliphatic carbocycles. The monoisotopic (exact) mass is 374 g/mol. The zero-order chi connectivity index (χ0) is 16.3. The number of ether oxygens (including phenoxy) is 1. The predicted molar refractivity (Wildman–Crippen MR) is 91.1 cm³/mol. The van der Waals surface area contributed by atoms with Gasteiger partial charge < -0.3 is 0 Å². The van der Waals surface area contributed by atoms with Gasteiger partial charge in [0.15, 0.2) is 0 Å². The molecule has 2 nitrogen and oxygen atoms in total. The first-order valence-electron chi connectivity index (χ1n) is 7.85. The maximum atomic E-state index is 6.77. The molecule has 0 aliphatic rings. The normalized spacial score (nSPS) is 11.1. The third kappa shape index (κ3) is 3.70. The van der Waals surface area contributed by atoms with Gasteiger partial charge in [0.1, 0.15) is 0 Å². The molecular formula is C19H26NOZr. The predicted octanol–water partition coefficient (Wildman–Crippen LogP) is 3.38. The van der Waals surface area contributed by atoms with Crippen LogP contribution in [-0.2, 0) is 22.0 Å². The molecule has 0 heterocycles. The number of hydrogen-bond acceptors (Lipinski definition) is 2. The van der Waals surface area contributed by atoms with E-state index in [0.29, 0.717) is 11.8 Å². The third-order valence-electron chi connectivity index (χ3n) is 4.05. The summed E-state index contributed by atoms with van der Waals surface area (Å²) in [7, 11) is 1.72. The summed E-state index contributed by atoms with van der Waals surface area (Å²) < 4.78 is 14.9. The summed E-state index contributed by atoms with van der Waals surface area (Å²) >= 11 is -2.40. The Morgan fingerprint density at radius 3 is 2.18 bits per heavy atom. The molecule has 0 saturated carbocycles. The first-order valence-corrected chi connectivity index (χ1v) is 11.7. The van der Waals surface area contributed by atoms with E-state index in [1.807, 2.05) is 12.1 Å². The Kier molecular flexibility index (Phi) is 6.00. The van der Waals surface area contributed by atoms with Crippen molar-refractivity contribution in [3.63, 3.8) is 0 Å².